The Bertz CT molecular complexity index is 1560. The molecule has 248 valence electrons. The molecule has 0 aliphatic rings. The molecule has 4 rings (SSSR count). The molecular formula is C38H44N2O7. The highest BCUT2D eigenvalue weighted by Gasteiger charge is 2.15. The Morgan fingerprint density at radius 3 is 1.23 bits per heavy atom. The second-order valence-corrected chi connectivity index (χ2v) is 11.2. The molecule has 0 heterocycles. The molecule has 0 bridgehead atoms. The number of ether oxygens (including phenoxy) is 5. The SMILES string of the molecule is COc1cc(CCNC(=O)Cc2ccc(OC)c(Oc3cc(CC(=O)NCCc4ccc(C)c(OC)c4)ccc3OC)c2)ccc1C. The van der Waals surface area contributed by atoms with Gasteiger partial charge in [-0.3, -0.25) is 9.59 Å². The van der Waals surface area contributed by atoms with Crippen LogP contribution in [0.2, 0.25) is 0 Å². The molecule has 2 N–H and O–H groups in total. The molecule has 9 heteroatoms. The summed E-state index contributed by atoms with van der Waals surface area (Å²) in [5.74, 6) is 3.32. The van der Waals surface area contributed by atoms with E-state index < -0.39 is 0 Å². The van der Waals surface area contributed by atoms with Crippen LogP contribution in [0.1, 0.15) is 33.4 Å². The quantitative estimate of drug-likeness (QED) is 0.156. The summed E-state index contributed by atoms with van der Waals surface area (Å²) in [7, 11) is 6.42. The highest BCUT2D eigenvalue weighted by molar-refractivity contribution is 5.79. The number of carbonyl (C=O) groups is 2. The maximum atomic E-state index is 12.8. The number of hydrogen-bond donors (Lipinski definition) is 2. The molecule has 0 saturated carbocycles. The maximum absolute atomic E-state index is 12.8. The summed E-state index contributed by atoms with van der Waals surface area (Å²) in [5, 5.41) is 5.98. The first-order valence-electron chi connectivity index (χ1n) is 15.5. The minimum atomic E-state index is -0.104. The Labute approximate surface area is 277 Å². The third-order valence-electron chi connectivity index (χ3n) is 7.82. The topological polar surface area (TPSA) is 104 Å². The van der Waals surface area contributed by atoms with Crippen LogP contribution in [0.5, 0.6) is 34.5 Å². The summed E-state index contributed by atoms with van der Waals surface area (Å²) in [4.78, 5) is 25.6. The standard InChI is InChI=1S/C38H44N2O7/c1-25-7-9-27(19-33(25)45-5)15-17-39-37(41)23-29-11-13-31(43-3)35(21-29)47-36-22-30(12-14-32(36)44-4)24-38(42)40-18-16-28-10-8-26(2)34(20-28)46-6/h7-14,19-22H,15-18,23-24H2,1-6H3,(H,39,41)(H,40,42). The number of benzene rings is 4. The van der Waals surface area contributed by atoms with Crippen molar-refractivity contribution < 1.29 is 33.3 Å². The molecule has 4 aromatic carbocycles. The Morgan fingerprint density at radius 2 is 0.851 bits per heavy atom. The van der Waals surface area contributed by atoms with E-state index in [9.17, 15) is 9.59 Å². The van der Waals surface area contributed by atoms with Gasteiger partial charge < -0.3 is 34.3 Å². The van der Waals surface area contributed by atoms with E-state index in [1.165, 1.54) is 0 Å². The molecule has 0 spiro atoms. The van der Waals surface area contributed by atoms with Gasteiger partial charge in [-0.05, 0) is 96.5 Å². The van der Waals surface area contributed by atoms with Gasteiger partial charge in [-0.15, -0.1) is 0 Å². The van der Waals surface area contributed by atoms with Gasteiger partial charge in [0.05, 0.1) is 41.3 Å². The van der Waals surface area contributed by atoms with Crippen LogP contribution in [-0.4, -0.2) is 53.3 Å². The minimum Gasteiger partial charge on any atom is -0.496 e. The normalized spacial score (nSPS) is 10.6. The lowest BCUT2D eigenvalue weighted by atomic mass is 10.1. The second kappa shape index (κ2) is 16.9. The van der Waals surface area contributed by atoms with Crippen LogP contribution in [-0.2, 0) is 35.3 Å². The average molecular weight is 641 g/mol. The fourth-order valence-electron chi connectivity index (χ4n) is 5.17. The number of rotatable bonds is 16. The van der Waals surface area contributed by atoms with Crippen LogP contribution in [0, 0.1) is 13.8 Å². The lowest BCUT2D eigenvalue weighted by Gasteiger charge is -2.15. The first-order chi connectivity index (χ1) is 22.7. The molecule has 0 aliphatic carbocycles. The predicted octanol–water partition coefficient (Wildman–Crippen LogP) is 5.93. The van der Waals surface area contributed by atoms with Gasteiger partial charge in [0.2, 0.25) is 11.8 Å². The van der Waals surface area contributed by atoms with Crippen molar-refractivity contribution in [3.63, 3.8) is 0 Å². The van der Waals surface area contributed by atoms with Crippen molar-refractivity contribution in [1.82, 2.24) is 10.6 Å². The summed E-state index contributed by atoms with van der Waals surface area (Å²) < 4.78 is 28.2. The third-order valence-corrected chi connectivity index (χ3v) is 7.82. The fraction of sp³-hybridized carbons (Fsp3) is 0.316. The Hall–Kier alpha value is -5.18. The minimum absolute atomic E-state index is 0.104. The van der Waals surface area contributed by atoms with E-state index in [0.29, 0.717) is 48.9 Å². The van der Waals surface area contributed by atoms with Gasteiger partial charge in [0.25, 0.3) is 0 Å². The number of carbonyl (C=O) groups excluding carboxylic acids is 2. The fourth-order valence-corrected chi connectivity index (χ4v) is 5.17. The zero-order valence-corrected chi connectivity index (χ0v) is 28.0. The van der Waals surface area contributed by atoms with Crippen LogP contribution >= 0.6 is 0 Å². The summed E-state index contributed by atoms with van der Waals surface area (Å²) in [6.07, 6.45) is 1.72. The maximum Gasteiger partial charge on any atom is 0.224 e. The molecule has 2 amide bonds. The molecule has 0 fully saturated rings. The van der Waals surface area contributed by atoms with E-state index in [1.807, 2.05) is 62.4 Å². The lowest BCUT2D eigenvalue weighted by molar-refractivity contribution is -0.121. The summed E-state index contributed by atoms with van der Waals surface area (Å²) in [6, 6.07) is 22.9. The lowest BCUT2D eigenvalue weighted by Crippen LogP contribution is -2.27. The third kappa shape index (κ3) is 9.90. The van der Waals surface area contributed by atoms with E-state index in [-0.39, 0.29) is 24.7 Å². The molecule has 47 heavy (non-hydrogen) atoms. The Morgan fingerprint density at radius 1 is 0.489 bits per heavy atom. The summed E-state index contributed by atoms with van der Waals surface area (Å²) >= 11 is 0. The second-order valence-electron chi connectivity index (χ2n) is 11.2. The van der Waals surface area contributed by atoms with Crippen LogP contribution in [0.15, 0.2) is 72.8 Å². The van der Waals surface area contributed by atoms with Crippen molar-refractivity contribution >= 4 is 11.8 Å². The van der Waals surface area contributed by atoms with Gasteiger partial charge in [0.15, 0.2) is 23.0 Å². The Balaban J connectivity index is 1.36. The zero-order valence-electron chi connectivity index (χ0n) is 28.0. The van der Waals surface area contributed by atoms with Gasteiger partial charge in [0, 0.05) is 13.1 Å². The molecule has 4 aromatic rings. The van der Waals surface area contributed by atoms with Gasteiger partial charge >= 0.3 is 0 Å². The van der Waals surface area contributed by atoms with E-state index in [1.54, 1.807) is 52.7 Å². The van der Waals surface area contributed by atoms with Crippen molar-refractivity contribution in [2.24, 2.45) is 0 Å². The molecule has 9 nitrogen and oxygen atoms in total. The predicted molar refractivity (Wildman–Crippen MR) is 182 cm³/mol. The van der Waals surface area contributed by atoms with E-state index >= 15 is 0 Å². The number of amides is 2. The largest absolute Gasteiger partial charge is 0.496 e. The zero-order chi connectivity index (χ0) is 33.8. The molecule has 0 atom stereocenters. The number of hydrogen-bond acceptors (Lipinski definition) is 7. The van der Waals surface area contributed by atoms with Crippen LogP contribution in [0.4, 0.5) is 0 Å². The number of aryl methyl sites for hydroxylation is 2. The van der Waals surface area contributed by atoms with Crippen molar-refractivity contribution in [2.45, 2.75) is 39.5 Å². The molecule has 0 unspecified atom stereocenters. The van der Waals surface area contributed by atoms with Gasteiger partial charge in [-0.1, -0.05) is 36.4 Å². The van der Waals surface area contributed by atoms with Gasteiger partial charge in [0.1, 0.15) is 11.5 Å². The molecule has 0 saturated heterocycles. The molecule has 0 aromatic heterocycles. The summed E-state index contributed by atoms with van der Waals surface area (Å²) in [6.45, 7) is 5.00. The monoisotopic (exact) mass is 640 g/mol. The van der Waals surface area contributed by atoms with E-state index in [2.05, 4.69) is 10.6 Å². The summed E-state index contributed by atoms with van der Waals surface area (Å²) in [5.41, 5.74) is 5.83. The van der Waals surface area contributed by atoms with Gasteiger partial charge in [-0.25, -0.2) is 0 Å². The van der Waals surface area contributed by atoms with E-state index in [0.717, 1.165) is 44.9 Å². The van der Waals surface area contributed by atoms with Gasteiger partial charge in [-0.2, -0.15) is 0 Å². The smallest absolute Gasteiger partial charge is 0.224 e. The van der Waals surface area contributed by atoms with Crippen molar-refractivity contribution in [1.29, 1.82) is 0 Å². The highest BCUT2D eigenvalue weighted by Crippen LogP contribution is 2.37. The van der Waals surface area contributed by atoms with E-state index in [4.69, 9.17) is 23.7 Å². The van der Waals surface area contributed by atoms with Crippen molar-refractivity contribution in [3.05, 3.63) is 106 Å². The molecule has 0 aliphatic heterocycles. The first-order valence-corrected chi connectivity index (χ1v) is 15.5. The molecule has 0 radical (unpaired) electrons. The van der Waals surface area contributed by atoms with Crippen LogP contribution < -0.4 is 34.3 Å². The van der Waals surface area contributed by atoms with Crippen molar-refractivity contribution in [3.8, 4) is 34.5 Å². The van der Waals surface area contributed by atoms with Crippen molar-refractivity contribution in [2.75, 3.05) is 41.5 Å². The molecular weight excluding hydrogens is 596 g/mol. The van der Waals surface area contributed by atoms with Crippen LogP contribution in [0.25, 0.3) is 0 Å². The first kappa shape index (κ1) is 34.7. The number of methoxy groups -OCH3 is 4. The highest BCUT2D eigenvalue weighted by atomic mass is 16.5. The Kier molecular flexibility index (Phi) is 12.5. The average Bonchev–Trinajstić information content (AvgIpc) is 3.06. The van der Waals surface area contributed by atoms with Crippen LogP contribution in [0.3, 0.4) is 0 Å². The number of nitrogens with one attached hydrogen (secondary N) is 2.